The molecule has 6 heteroatoms. The monoisotopic (exact) mass is 341 g/mol. The maximum Gasteiger partial charge on any atom is 0.252 e. The first-order valence-electron chi connectivity index (χ1n) is 9.48. The zero-order valence-electron chi connectivity index (χ0n) is 15.3. The zero-order valence-corrected chi connectivity index (χ0v) is 15.3. The fourth-order valence-electron chi connectivity index (χ4n) is 5.10. The first kappa shape index (κ1) is 16.5. The summed E-state index contributed by atoms with van der Waals surface area (Å²) in [6.45, 7) is 6.18. The standard InChI is InChI=1S/C19H27N5O/c1-11-16(13(3)24-19(23-11)20-10-21-24)6-7-18(25)22-12(2)17-9-14-4-5-15(17)8-14/h10,12,14-15,17H,4-9H2,1-3H3,(H,22,25). The summed E-state index contributed by atoms with van der Waals surface area (Å²) in [6.07, 6.45) is 8.15. The van der Waals surface area contributed by atoms with Crippen LogP contribution in [0, 0.1) is 31.6 Å². The van der Waals surface area contributed by atoms with E-state index in [0.29, 0.717) is 30.6 Å². The Balaban J connectivity index is 1.37. The topological polar surface area (TPSA) is 72.2 Å². The van der Waals surface area contributed by atoms with Gasteiger partial charge in [-0.25, -0.2) is 9.50 Å². The summed E-state index contributed by atoms with van der Waals surface area (Å²) in [6, 6.07) is 0.293. The number of rotatable bonds is 5. The van der Waals surface area contributed by atoms with Crippen LogP contribution >= 0.6 is 0 Å². The fourth-order valence-corrected chi connectivity index (χ4v) is 5.10. The quantitative estimate of drug-likeness (QED) is 0.907. The molecule has 2 bridgehead atoms. The molecule has 0 saturated heterocycles. The summed E-state index contributed by atoms with van der Waals surface area (Å²) >= 11 is 0. The van der Waals surface area contributed by atoms with Crippen LogP contribution in [0.15, 0.2) is 6.33 Å². The number of fused-ring (bicyclic) bond motifs is 3. The number of aryl methyl sites for hydroxylation is 2. The molecule has 2 aromatic heterocycles. The molecule has 4 unspecified atom stereocenters. The number of nitrogens with one attached hydrogen (secondary N) is 1. The molecule has 2 fully saturated rings. The van der Waals surface area contributed by atoms with Crippen LogP contribution in [0.1, 0.15) is 56.0 Å². The highest BCUT2D eigenvalue weighted by Gasteiger charge is 2.42. The largest absolute Gasteiger partial charge is 0.353 e. The molecular weight excluding hydrogens is 314 g/mol. The lowest BCUT2D eigenvalue weighted by molar-refractivity contribution is -0.122. The third-order valence-corrected chi connectivity index (χ3v) is 6.41. The molecule has 2 saturated carbocycles. The molecule has 4 atom stereocenters. The van der Waals surface area contributed by atoms with E-state index < -0.39 is 0 Å². The van der Waals surface area contributed by atoms with Gasteiger partial charge in [0, 0.05) is 23.9 Å². The molecule has 6 nitrogen and oxygen atoms in total. The summed E-state index contributed by atoms with van der Waals surface area (Å²) in [5, 5.41) is 7.47. The van der Waals surface area contributed by atoms with Gasteiger partial charge in [-0.2, -0.15) is 10.1 Å². The Kier molecular flexibility index (Phi) is 4.21. The highest BCUT2D eigenvalue weighted by Crippen LogP contribution is 2.49. The third-order valence-electron chi connectivity index (χ3n) is 6.41. The van der Waals surface area contributed by atoms with Crippen LogP contribution in [0.2, 0.25) is 0 Å². The van der Waals surface area contributed by atoms with Gasteiger partial charge in [0.05, 0.1) is 0 Å². The minimum atomic E-state index is 0.146. The Morgan fingerprint density at radius 1 is 1.36 bits per heavy atom. The van der Waals surface area contributed by atoms with E-state index in [4.69, 9.17) is 0 Å². The van der Waals surface area contributed by atoms with E-state index in [1.807, 2.05) is 13.8 Å². The molecule has 4 rings (SSSR count). The van der Waals surface area contributed by atoms with Gasteiger partial charge in [-0.15, -0.1) is 0 Å². The van der Waals surface area contributed by atoms with Crippen molar-refractivity contribution in [1.82, 2.24) is 24.9 Å². The van der Waals surface area contributed by atoms with E-state index in [9.17, 15) is 4.79 Å². The molecule has 0 radical (unpaired) electrons. The predicted octanol–water partition coefficient (Wildman–Crippen LogP) is 2.61. The van der Waals surface area contributed by atoms with Gasteiger partial charge in [-0.1, -0.05) is 6.42 Å². The number of hydrogen-bond acceptors (Lipinski definition) is 4. The van der Waals surface area contributed by atoms with Crippen molar-refractivity contribution in [2.24, 2.45) is 17.8 Å². The van der Waals surface area contributed by atoms with Crippen molar-refractivity contribution in [3.8, 4) is 0 Å². The second-order valence-corrected chi connectivity index (χ2v) is 7.93. The van der Waals surface area contributed by atoms with Crippen molar-refractivity contribution in [1.29, 1.82) is 0 Å². The Morgan fingerprint density at radius 3 is 2.92 bits per heavy atom. The molecule has 0 aliphatic heterocycles. The molecule has 25 heavy (non-hydrogen) atoms. The maximum absolute atomic E-state index is 12.5. The van der Waals surface area contributed by atoms with Gasteiger partial charge in [0.15, 0.2) is 0 Å². The van der Waals surface area contributed by atoms with Crippen LogP contribution < -0.4 is 5.32 Å². The SMILES string of the molecule is Cc1nc2ncnn2c(C)c1CCC(=O)NC(C)C1CC2CCC1C2. The number of amides is 1. The average molecular weight is 341 g/mol. The van der Waals surface area contributed by atoms with Crippen molar-refractivity contribution >= 4 is 11.7 Å². The first-order chi connectivity index (χ1) is 12.0. The summed E-state index contributed by atoms with van der Waals surface area (Å²) in [5.74, 6) is 3.20. The molecule has 2 aliphatic carbocycles. The Bertz CT molecular complexity index is 798. The van der Waals surface area contributed by atoms with Gasteiger partial charge in [0.25, 0.3) is 5.78 Å². The molecule has 2 aromatic rings. The Labute approximate surface area is 148 Å². The van der Waals surface area contributed by atoms with E-state index in [1.54, 1.807) is 4.52 Å². The normalized spacial score (nSPS) is 26.3. The molecular formula is C19H27N5O. The second kappa shape index (κ2) is 6.39. The third kappa shape index (κ3) is 3.02. The van der Waals surface area contributed by atoms with Gasteiger partial charge in [-0.05, 0) is 69.8 Å². The van der Waals surface area contributed by atoms with Crippen molar-refractivity contribution in [2.45, 2.75) is 65.3 Å². The second-order valence-electron chi connectivity index (χ2n) is 7.93. The minimum absolute atomic E-state index is 0.146. The molecule has 2 heterocycles. The molecule has 2 aliphatic rings. The van der Waals surface area contributed by atoms with E-state index in [-0.39, 0.29) is 5.91 Å². The van der Waals surface area contributed by atoms with Crippen LogP contribution in [0.25, 0.3) is 5.78 Å². The van der Waals surface area contributed by atoms with Crippen LogP contribution in [-0.4, -0.2) is 31.5 Å². The Hall–Kier alpha value is -1.98. The Morgan fingerprint density at radius 2 is 2.20 bits per heavy atom. The number of aromatic nitrogens is 4. The van der Waals surface area contributed by atoms with Crippen LogP contribution in [0.4, 0.5) is 0 Å². The number of carbonyl (C=O) groups is 1. The summed E-state index contributed by atoms with van der Waals surface area (Å²) in [5.41, 5.74) is 3.06. The van der Waals surface area contributed by atoms with E-state index in [1.165, 1.54) is 32.0 Å². The van der Waals surface area contributed by atoms with E-state index >= 15 is 0 Å². The van der Waals surface area contributed by atoms with Crippen molar-refractivity contribution in [2.75, 3.05) is 0 Å². The van der Waals surface area contributed by atoms with Crippen molar-refractivity contribution in [3.05, 3.63) is 23.3 Å². The van der Waals surface area contributed by atoms with E-state index in [0.717, 1.165) is 28.8 Å². The summed E-state index contributed by atoms with van der Waals surface area (Å²) < 4.78 is 1.75. The lowest BCUT2D eigenvalue weighted by Gasteiger charge is -2.28. The highest BCUT2D eigenvalue weighted by molar-refractivity contribution is 5.76. The van der Waals surface area contributed by atoms with Crippen molar-refractivity contribution in [3.63, 3.8) is 0 Å². The van der Waals surface area contributed by atoms with Gasteiger partial charge >= 0.3 is 0 Å². The molecule has 0 spiro atoms. The number of carbonyl (C=O) groups excluding carboxylic acids is 1. The summed E-state index contributed by atoms with van der Waals surface area (Å²) in [7, 11) is 0. The fraction of sp³-hybridized carbons (Fsp3) is 0.684. The smallest absolute Gasteiger partial charge is 0.252 e. The lowest BCUT2D eigenvalue weighted by atomic mass is 9.84. The van der Waals surface area contributed by atoms with Crippen LogP contribution in [0.5, 0.6) is 0 Å². The molecule has 134 valence electrons. The average Bonchev–Trinajstić information content (AvgIpc) is 3.30. The minimum Gasteiger partial charge on any atom is -0.353 e. The van der Waals surface area contributed by atoms with Gasteiger partial charge in [0.2, 0.25) is 5.91 Å². The van der Waals surface area contributed by atoms with Crippen molar-refractivity contribution < 1.29 is 4.79 Å². The molecule has 0 aromatic carbocycles. The molecule has 1 N–H and O–H groups in total. The van der Waals surface area contributed by atoms with Gasteiger partial charge in [0.1, 0.15) is 6.33 Å². The maximum atomic E-state index is 12.5. The zero-order chi connectivity index (χ0) is 17.6. The lowest BCUT2D eigenvalue weighted by Crippen LogP contribution is -2.40. The predicted molar refractivity (Wildman–Crippen MR) is 95.1 cm³/mol. The molecule has 1 amide bonds. The highest BCUT2D eigenvalue weighted by atomic mass is 16.1. The van der Waals surface area contributed by atoms with E-state index in [2.05, 4.69) is 27.3 Å². The first-order valence-corrected chi connectivity index (χ1v) is 9.48. The number of hydrogen-bond donors (Lipinski definition) is 1. The van der Waals surface area contributed by atoms with Gasteiger partial charge < -0.3 is 5.32 Å². The van der Waals surface area contributed by atoms with Crippen LogP contribution in [0.3, 0.4) is 0 Å². The van der Waals surface area contributed by atoms with Gasteiger partial charge in [-0.3, -0.25) is 4.79 Å². The summed E-state index contributed by atoms with van der Waals surface area (Å²) in [4.78, 5) is 21.1. The van der Waals surface area contributed by atoms with Crippen LogP contribution in [-0.2, 0) is 11.2 Å². The number of nitrogens with zero attached hydrogens (tertiary/aromatic N) is 4.